The number of halogens is 1. The first-order chi connectivity index (χ1) is 15.5. The van der Waals surface area contributed by atoms with Crippen molar-refractivity contribution in [2.24, 2.45) is 4.99 Å². The Bertz CT molecular complexity index is 1310. The van der Waals surface area contributed by atoms with Gasteiger partial charge in [-0.25, -0.2) is 10.00 Å². The standard InChI is InChI=1S/C25H23ClN4O2/c1-16-6-7-18(17(2)10-16)11-20-15-31-29-25(28-20)23-13-21-8-9-27-30(21)14-24(23)32-22-5-3-4-19(26)12-22/h3-10,12-14,20H,11,15H2,1-2H3,(H,28,29)/t20-/m1/s1. The number of amidine groups is 1. The highest BCUT2D eigenvalue weighted by Crippen LogP contribution is 2.29. The van der Waals surface area contributed by atoms with E-state index in [0.29, 0.717) is 29.0 Å². The van der Waals surface area contributed by atoms with Gasteiger partial charge in [-0.1, -0.05) is 41.4 Å². The number of fused-ring (bicyclic) bond motifs is 1. The van der Waals surface area contributed by atoms with Gasteiger partial charge in [0, 0.05) is 11.2 Å². The lowest BCUT2D eigenvalue weighted by Gasteiger charge is -2.24. The van der Waals surface area contributed by atoms with Crippen LogP contribution >= 0.6 is 11.6 Å². The number of aromatic nitrogens is 2. The SMILES string of the molecule is Cc1ccc(C[C@@H]2CONC(c3cc4ccnn4cc3Oc3cccc(Cl)c3)=N2)c(C)c1. The van der Waals surface area contributed by atoms with Crippen LogP contribution in [-0.4, -0.2) is 28.1 Å². The summed E-state index contributed by atoms with van der Waals surface area (Å²) in [5, 5.41) is 4.94. The van der Waals surface area contributed by atoms with E-state index in [4.69, 9.17) is 26.2 Å². The van der Waals surface area contributed by atoms with Crippen LogP contribution in [0.5, 0.6) is 11.5 Å². The molecular weight excluding hydrogens is 424 g/mol. The molecule has 1 aliphatic heterocycles. The molecule has 0 saturated heterocycles. The highest BCUT2D eigenvalue weighted by molar-refractivity contribution is 6.30. The molecule has 2 aromatic heterocycles. The van der Waals surface area contributed by atoms with Gasteiger partial charge in [-0.2, -0.15) is 5.10 Å². The van der Waals surface area contributed by atoms with Crippen molar-refractivity contribution in [3.8, 4) is 11.5 Å². The number of hydrogen-bond acceptors (Lipinski definition) is 5. The predicted octanol–water partition coefficient (Wildman–Crippen LogP) is 5.29. The van der Waals surface area contributed by atoms with E-state index in [0.717, 1.165) is 17.5 Å². The summed E-state index contributed by atoms with van der Waals surface area (Å²) in [5.41, 5.74) is 8.51. The summed E-state index contributed by atoms with van der Waals surface area (Å²) in [6.07, 6.45) is 4.39. The van der Waals surface area contributed by atoms with E-state index in [1.54, 1.807) is 16.8 Å². The van der Waals surface area contributed by atoms with Crippen molar-refractivity contribution >= 4 is 23.0 Å². The highest BCUT2D eigenvalue weighted by Gasteiger charge is 2.22. The first-order valence-electron chi connectivity index (χ1n) is 10.5. The normalized spacial score (nSPS) is 16.0. The maximum atomic E-state index is 6.19. The fourth-order valence-corrected chi connectivity index (χ4v) is 4.06. The topological polar surface area (TPSA) is 60.2 Å². The number of rotatable bonds is 5. The number of hydrogen-bond donors (Lipinski definition) is 1. The Morgan fingerprint density at radius 3 is 2.91 bits per heavy atom. The van der Waals surface area contributed by atoms with E-state index >= 15 is 0 Å². The smallest absolute Gasteiger partial charge is 0.156 e. The Kier molecular flexibility index (Phi) is 5.55. The molecule has 1 atom stereocenters. The van der Waals surface area contributed by atoms with Gasteiger partial charge >= 0.3 is 0 Å². The Balaban J connectivity index is 1.50. The van der Waals surface area contributed by atoms with E-state index in [2.05, 4.69) is 42.6 Å². The molecule has 0 fully saturated rings. The summed E-state index contributed by atoms with van der Waals surface area (Å²) in [6.45, 7) is 4.74. The van der Waals surface area contributed by atoms with Gasteiger partial charge in [-0.05, 0) is 61.7 Å². The van der Waals surface area contributed by atoms with Crippen LogP contribution in [0.4, 0.5) is 0 Å². The Labute approximate surface area is 191 Å². The molecule has 1 N–H and O–H groups in total. The third kappa shape index (κ3) is 4.33. The predicted molar refractivity (Wildman–Crippen MR) is 126 cm³/mol. The van der Waals surface area contributed by atoms with E-state index in [9.17, 15) is 0 Å². The lowest BCUT2D eigenvalue weighted by Crippen LogP contribution is -2.37. The van der Waals surface area contributed by atoms with Crippen molar-refractivity contribution in [3.63, 3.8) is 0 Å². The first kappa shape index (κ1) is 20.5. The molecule has 5 rings (SSSR count). The van der Waals surface area contributed by atoms with Gasteiger partial charge in [-0.15, -0.1) is 0 Å². The number of aliphatic imine (C=N–C) groups is 1. The summed E-state index contributed by atoms with van der Waals surface area (Å²) in [6, 6.07) is 17.7. The van der Waals surface area contributed by atoms with Crippen LogP contribution in [0.1, 0.15) is 22.3 Å². The molecule has 0 amide bonds. The molecule has 162 valence electrons. The number of nitrogens with zero attached hydrogens (tertiary/aromatic N) is 3. The fourth-order valence-electron chi connectivity index (χ4n) is 3.88. The molecule has 2 aromatic carbocycles. The Morgan fingerprint density at radius 2 is 2.06 bits per heavy atom. The summed E-state index contributed by atoms with van der Waals surface area (Å²) in [5.74, 6) is 1.87. The van der Waals surface area contributed by atoms with Crippen LogP contribution in [-0.2, 0) is 11.3 Å². The number of nitrogens with one attached hydrogen (secondary N) is 1. The molecule has 1 aliphatic rings. The zero-order valence-electron chi connectivity index (χ0n) is 17.9. The van der Waals surface area contributed by atoms with Gasteiger partial charge in [0.05, 0.1) is 29.9 Å². The monoisotopic (exact) mass is 446 g/mol. The molecule has 4 aromatic rings. The minimum Gasteiger partial charge on any atom is -0.455 e. The minimum absolute atomic E-state index is 0.00665. The number of pyridine rings is 1. The third-order valence-electron chi connectivity index (χ3n) is 5.49. The van der Waals surface area contributed by atoms with Crippen molar-refractivity contribution < 1.29 is 9.57 Å². The molecule has 0 unspecified atom stereocenters. The van der Waals surface area contributed by atoms with Crippen LogP contribution in [0.25, 0.3) is 5.52 Å². The zero-order chi connectivity index (χ0) is 22.1. The number of ether oxygens (including phenoxy) is 1. The molecule has 0 spiro atoms. The van der Waals surface area contributed by atoms with Gasteiger partial charge < -0.3 is 4.74 Å². The van der Waals surface area contributed by atoms with Crippen LogP contribution < -0.4 is 10.2 Å². The lowest BCUT2D eigenvalue weighted by atomic mass is 9.99. The molecule has 7 heteroatoms. The summed E-state index contributed by atoms with van der Waals surface area (Å²) in [4.78, 5) is 10.7. The molecule has 0 aliphatic carbocycles. The van der Waals surface area contributed by atoms with Gasteiger partial charge in [0.2, 0.25) is 0 Å². The Morgan fingerprint density at radius 1 is 1.16 bits per heavy atom. The minimum atomic E-state index is -0.00665. The first-order valence-corrected chi connectivity index (χ1v) is 10.9. The molecular formula is C25H23ClN4O2. The highest BCUT2D eigenvalue weighted by atomic mass is 35.5. The maximum Gasteiger partial charge on any atom is 0.156 e. The summed E-state index contributed by atoms with van der Waals surface area (Å²) >= 11 is 6.14. The second-order valence-corrected chi connectivity index (χ2v) is 8.43. The fraction of sp³-hybridized carbons (Fsp3) is 0.200. The molecule has 0 bridgehead atoms. The summed E-state index contributed by atoms with van der Waals surface area (Å²) in [7, 11) is 0. The quantitative estimate of drug-likeness (QED) is 0.452. The molecule has 32 heavy (non-hydrogen) atoms. The van der Waals surface area contributed by atoms with E-state index in [1.165, 1.54) is 16.7 Å². The van der Waals surface area contributed by atoms with Crippen LogP contribution in [0.3, 0.4) is 0 Å². The molecule has 3 heterocycles. The van der Waals surface area contributed by atoms with E-state index < -0.39 is 0 Å². The molecule has 0 radical (unpaired) electrons. The van der Waals surface area contributed by atoms with Gasteiger partial charge in [-0.3, -0.25) is 9.83 Å². The van der Waals surface area contributed by atoms with Crippen molar-refractivity contribution in [1.29, 1.82) is 0 Å². The van der Waals surface area contributed by atoms with Gasteiger partial charge in [0.1, 0.15) is 5.75 Å². The van der Waals surface area contributed by atoms with E-state index in [-0.39, 0.29) is 6.04 Å². The molecule has 0 saturated carbocycles. The average Bonchev–Trinajstić information content (AvgIpc) is 3.23. The van der Waals surface area contributed by atoms with Crippen molar-refractivity contribution in [1.82, 2.24) is 15.1 Å². The zero-order valence-corrected chi connectivity index (χ0v) is 18.6. The second-order valence-electron chi connectivity index (χ2n) is 7.99. The average molecular weight is 447 g/mol. The molecule has 6 nitrogen and oxygen atoms in total. The van der Waals surface area contributed by atoms with Crippen LogP contribution in [0, 0.1) is 13.8 Å². The van der Waals surface area contributed by atoms with Crippen molar-refractivity contribution in [3.05, 3.63) is 94.3 Å². The van der Waals surface area contributed by atoms with Gasteiger partial charge in [0.25, 0.3) is 0 Å². The number of hydroxylamine groups is 1. The van der Waals surface area contributed by atoms with Crippen LogP contribution in [0.15, 0.2) is 72.0 Å². The third-order valence-corrected chi connectivity index (χ3v) is 5.72. The van der Waals surface area contributed by atoms with Crippen LogP contribution in [0.2, 0.25) is 5.02 Å². The largest absolute Gasteiger partial charge is 0.455 e. The van der Waals surface area contributed by atoms with Crippen molar-refractivity contribution in [2.45, 2.75) is 26.3 Å². The van der Waals surface area contributed by atoms with Gasteiger partial charge in [0.15, 0.2) is 11.6 Å². The maximum absolute atomic E-state index is 6.19. The van der Waals surface area contributed by atoms with Crippen molar-refractivity contribution in [2.75, 3.05) is 6.61 Å². The van der Waals surface area contributed by atoms with E-state index in [1.807, 2.05) is 36.5 Å². The Hall–Kier alpha value is -3.35. The number of benzene rings is 2. The lowest BCUT2D eigenvalue weighted by molar-refractivity contribution is 0.0623. The summed E-state index contributed by atoms with van der Waals surface area (Å²) < 4.78 is 7.95. The second kappa shape index (κ2) is 8.65. The number of aryl methyl sites for hydroxylation is 2.